The number of hydrogen-bond acceptors (Lipinski definition) is 5. The molecule has 3 aromatic rings. The molecule has 0 amide bonds. The summed E-state index contributed by atoms with van der Waals surface area (Å²) in [4.78, 5) is 15.0. The summed E-state index contributed by atoms with van der Waals surface area (Å²) in [6, 6.07) is 23.5. The predicted octanol–water partition coefficient (Wildman–Crippen LogP) is 5.49. The second-order valence-corrected chi connectivity index (χ2v) is 13.7. The van der Waals surface area contributed by atoms with E-state index in [9.17, 15) is 18.3 Å². The molecule has 0 saturated carbocycles. The Labute approximate surface area is 236 Å². The highest BCUT2D eigenvalue weighted by molar-refractivity contribution is 7.99. The number of carbonyl (C=O) groups is 1. The van der Waals surface area contributed by atoms with E-state index in [1.807, 2.05) is 18.2 Å². The number of aryl methyl sites for hydroxylation is 1. The molecule has 0 radical (unpaired) electrons. The van der Waals surface area contributed by atoms with E-state index in [1.54, 1.807) is 30.0 Å². The van der Waals surface area contributed by atoms with Crippen LogP contribution in [-0.2, 0) is 28.6 Å². The number of thioether (sulfide) groups is 1. The number of aromatic carboxylic acids is 1. The van der Waals surface area contributed by atoms with Crippen LogP contribution < -0.4 is 4.72 Å². The van der Waals surface area contributed by atoms with Gasteiger partial charge in [-0.1, -0.05) is 75.4 Å². The minimum absolute atomic E-state index is 0.0550. The Hall–Kier alpha value is -2.85. The van der Waals surface area contributed by atoms with Crippen LogP contribution >= 0.6 is 11.8 Å². The fourth-order valence-electron chi connectivity index (χ4n) is 4.51. The van der Waals surface area contributed by atoms with Crippen molar-refractivity contribution in [1.82, 2.24) is 9.21 Å². The van der Waals surface area contributed by atoms with Gasteiger partial charge in [0, 0.05) is 43.4 Å². The molecule has 0 bridgehead atoms. The molecule has 0 spiro atoms. The summed E-state index contributed by atoms with van der Waals surface area (Å²) in [5, 5.41) is 9.77. The summed E-state index contributed by atoms with van der Waals surface area (Å²) >= 11 is 1.55. The highest BCUT2D eigenvalue weighted by Gasteiger charge is 2.28. The van der Waals surface area contributed by atoms with Gasteiger partial charge in [-0.15, -0.1) is 11.8 Å². The van der Waals surface area contributed by atoms with E-state index < -0.39 is 16.2 Å². The van der Waals surface area contributed by atoms with Crippen molar-refractivity contribution < 1.29 is 18.3 Å². The first-order chi connectivity index (χ1) is 18.5. The van der Waals surface area contributed by atoms with Gasteiger partial charge in [0.2, 0.25) is 0 Å². The molecule has 0 aromatic heterocycles. The van der Waals surface area contributed by atoms with Gasteiger partial charge in [-0.05, 0) is 46.7 Å². The molecule has 1 saturated heterocycles. The monoisotopic (exact) mass is 567 g/mol. The third kappa shape index (κ3) is 8.08. The van der Waals surface area contributed by atoms with Crippen LogP contribution in [0.2, 0.25) is 0 Å². The molecule has 1 fully saturated rings. The Balaban J connectivity index is 1.33. The van der Waals surface area contributed by atoms with Crippen LogP contribution in [0, 0.1) is 0 Å². The zero-order valence-electron chi connectivity index (χ0n) is 22.8. The van der Waals surface area contributed by atoms with Gasteiger partial charge >= 0.3 is 16.2 Å². The van der Waals surface area contributed by atoms with Crippen molar-refractivity contribution in [2.24, 2.45) is 0 Å². The first-order valence-corrected chi connectivity index (χ1v) is 15.6. The lowest BCUT2D eigenvalue weighted by atomic mass is 9.87. The van der Waals surface area contributed by atoms with Gasteiger partial charge in [0.1, 0.15) is 0 Å². The molecule has 9 heteroatoms. The number of nitrogens with zero attached hydrogens (tertiary/aromatic N) is 2. The van der Waals surface area contributed by atoms with Crippen molar-refractivity contribution in [2.75, 3.05) is 36.7 Å². The van der Waals surface area contributed by atoms with Crippen molar-refractivity contribution >= 4 is 33.6 Å². The Morgan fingerprint density at radius 2 is 1.59 bits per heavy atom. The van der Waals surface area contributed by atoms with Crippen LogP contribution in [-0.4, -0.2) is 60.6 Å². The molecule has 2 N–H and O–H groups in total. The topological polar surface area (TPSA) is 90.0 Å². The number of rotatable bonds is 10. The predicted molar refractivity (Wildman–Crippen MR) is 159 cm³/mol. The van der Waals surface area contributed by atoms with Gasteiger partial charge in [0.25, 0.3) is 0 Å². The quantitative estimate of drug-likeness (QED) is 0.315. The van der Waals surface area contributed by atoms with E-state index in [1.165, 1.54) is 21.0 Å². The molecule has 3 aromatic carbocycles. The zero-order valence-corrected chi connectivity index (χ0v) is 24.4. The van der Waals surface area contributed by atoms with E-state index in [2.05, 4.69) is 66.8 Å². The summed E-state index contributed by atoms with van der Waals surface area (Å²) in [6.07, 6.45) is 0.858. The summed E-state index contributed by atoms with van der Waals surface area (Å²) in [5.41, 5.74) is 3.83. The standard InChI is InChI=1S/C30H37N3O4S2/c1-30(2,3)25-11-9-24(10-12-25)22-32-16-18-33(19-17-32)39(36,37)31-28-14-13-26(21-27(28)29(34)35)38-20-15-23-7-5-4-6-8-23/h4-14,21,31H,15-20,22H2,1-3H3,(H,34,35). The van der Waals surface area contributed by atoms with E-state index in [-0.39, 0.29) is 16.7 Å². The minimum atomic E-state index is -3.89. The fourth-order valence-corrected chi connectivity index (χ4v) is 6.68. The highest BCUT2D eigenvalue weighted by atomic mass is 32.2. The Kier molecular flexibility index (Phi) is 9.38. The van der Waals surface area contributed by atoms with Crippen LogP contribution in [0.3, 0.4) is 0 Å². The SMILES string of the molecule is CC(C)(C)c1ccc(CN2CCN(S(=O)(=O)Nc3ccc(SCCc4ccccc4)cc3C(=O)O)CC2)cc1. The Bertz CT molecular complexity index is 1360. The Morgan fingerprint density at radius 1 is 0.923 bits per heavy atom. The second-order valence-electron chi connectivity index (χ2n) is 10.8. The normalized spacial score (nSPS) is 15.3. The van der Waals surface area contributed by atoms with Crippen LogP contribution in [0.25, 0.3) is 0 Å². The van der Waals surface area contributed by atoms with Crippen LogP contribution in [0.1, 0.15) is 47.8 Å². The first-order valence-electron chi connectivity index (χ1n) is 13.1. The van der Waals surface area contributed by atoms with Crippen LogP contribution in [0.5, 0.6) is 0 Å². The largest absolute Gasteiger partial charge is 0.478 e. The number of piperazine rings is 1. The molecule has 0 atom stereocenters. The van der Waals surface area contributed by atoms with Gasteiger partial charge < -0.3 is 5.11 Å². The molecule has 208 valence electrons. The third-order valence-electron chi connectivity index (χ3n) is 6.86. The average Bonchev–Trinajstić information content (AvgIpc) is 2.90. The molecule has 1 heterocycles. The molecular weight excluding hydrogens is 530 g/mol. The number of anilines is 1. The maximum atomic E-state index is 13.1. The van der Waals surface area contributed by atoms with Crippen molar-refractivity contribution in [2.45, 2.75) is 44.0 Å². The van der Waals surface area contributed by atoms with Gasteiger partial charge in [-0.25, -0.2) is 4.79 Å². The molecule has 0 unspecified atom stereocenters. The summed E-state index contributed by atoms with van der Waals surface area (Å²) in [7, 11) is -3.89. The molecule has 1 aliphatic rings. The smallest absolute Gasteiger partial charge is 0.337 e. The van der Waals surface area contributed by atoms with Gasteiger partial charge in [-0.2, -0.15) is 12.7 Å². The van der Waals surface area contributed by atoms with Crippen molar-refractivity contribution in [3.63, 3.8) is 0 Å². The molecule has 4 rings (SSSR count). The summed E-state index contributed by atoms with van der Waals surface area (Å²) in [5.74, 6) is -0.375. The molecular formula is C30H37N3O4S2. The average molecular weight is 568 g/mol. The van der Waals surface area contributed by atoms with Crippen LogP contribution in [0.4, 0.5) is 5.69 Å². The number of nitrogens with one attached hydrogen (secondary N) is 1. The van der Waals surface area contributed by atoms with E-state index in [0.29, 0.717) is 26.2 Å². The van der Waals surface area contributed by atoms with E-state index >= 15 is 0 Å². The van der Waals surface area contributed by atoms with Crippen LogP contribution in [0.15, 0.2) is 77.7 Å². The number of carboxylic acid groups (broad SMARTS) is 1. The zero-order chi connectivity index (χ0) is 28.0. The van der Waals surface area contributed by atoms with Gasteiger partial charge in [-0.3, -0.25) is 9.62 Å². The lowest BCUT2D eigenvalue weighted by Crippen LogP contribution is -2.49. The lowest BCUT2D eigenvalue weighted by molar-refractivity contribution is 0.0697. The molecule has 1 aliphatic heterocycles. The second kappa shape index (κ2) is 12.6. The maximum Gasteiger partial charge on any atom is 0.337 e. The highest BCUT2D eigenvalue weighted by Crippen LogP contribution is 2.27. The third-order valence-corrected chi connectivity index (χ3v) is 9.38. The van der Waals surface area contributed by atoms with E-state index in [0.717, 1.165) is 23.6 Å². The lowest BCUT2D eigenvalue weighted by Gasteiger charge is -2.34. The summed E-state index contributed by atoms with van der Waals surface area (Å²) < 4.78 is 30.2. The number of carboxylic acids is 1. The summed E-state index contributed by atoms with van der Waals surface area (Å²) in [6.45, 7) is 9.21. The first kappa shape index (κ1) is 29.1. The van der Waals surface area contributed by atoms with E-state index in [4.69, 9.17) is 0 Å². The minimum Gasteiger partial charge on any atom is -0.478 e. The number of hydrogen-bond donors (Lipinski definition) is 2. The number of benzene rings is 3. The fraction of sp³-hybridized carbons (Fsp3) is 0.367. The van der Waals surface area contributed by atoms with Crippen molar-refractivity contribution in [3.8, 4) is 0 Å². The maximum absolute atomic E-state index is 13.1. The Morgan fingerprint density at radius 3 is 2.21 bits per heavy atom. The molecule has 7 nitrogen and oxygen atoms in total. The molecule has 0 aliphatic carbocycles. The van der Waals surface area contributed by atoms with Gasteiger partial charge in [0.15, 0.2) is 0 Å². The van der Waals surface area contributed by atoms with Crippen molar-refractivity contribution in [3.05, 3.63) is 95.1 Å². The van der Waals surface area contributed by atoms with Crippen molar-refractivity contribution in [1.29, 1.82) is 0 Å². The molecule has 39 heavy (non-hydrogen) atoms. The van der Waals surface area contributed by atoms with Gasteiger partial charge in [0.05, 0.1) is 11.3 Å².